The van der Waals surface area contributed by atoms with Gasteiger partial charge in [0.15, 0.2) is 11.1 Å². The molecule has 0 aliphatic rings. The van der Waals surface area contributed by atoms with Crippen molar-refractivity contribution in [3.63, 3.8) is 0 Å². The molecule has 1 atom stereocenters. The molecule has 0 saturated carbocycles. The van der Waals surface area contributed by atoms with E-state index in [1.165, 1.54) is 24.3 Å². The van der Waals surface area contributed by atoms with E-state index in [-0.39, 0.29) is 36.2 Å². The number of hydrogen-bond acceptors (Lipinski definition) is 12. The summed E-state index contributed by atoms with van der Waals surface area (Å²) >= 11 is -1.92. The van der Waals surface area contributed by atoms with Crippen molar-refractivity contribution in [3.8, 4) is 5.75 Å². The number of anilines is 1. The van der Waals surface area contributed by atoms with E-state index in [9.17, 15) is 17.7 Å². The third-order valence-corrected chi connectivity index (χ3v) is 6.95. The van der Waals surface area contributed by atoms with Crippen molar-refractivity contribution in [2.45, 2.75) is 18.1 Å². The molecule has 0 amide bonds. The minimum atomic E-state index is -4.61. The van der Waals surface area contributed by atoms with Gasteiger partial charge in [0, 0.05) is 10.9 Å². The molecule has 41 heavy (non-hydrogen) atoms. The third-order valence-electron chi connectivity index (χ3n) is 5.45. The van der Waals surface area contributed by atoms with Crippen LogP contribution in [-0.4, -0.2) is 40.8 Å². The average molecular weight is 604 g/mol. The minimum absolute atomic E-state index is 0.00427. The summed E-state index contributed by atoms with van der Waals surface area (Å²) in [5.41, 5.74) is 5.24. The van der Waals surface area contributed by atoms with E-state index >= 15 is 0 Å². The Hall–Kier alpha value is -3.80. The van der Waals surface area contributed by atoms with E-state index in [0.29, 0.717) is 27.6 Å². The van der Waals surface area contributed by atoms with Gasteiger partial charge in [-0.25, -0.2) is 13.3 Å². The Balaban J connectivity index is 1.52. The first-order chi connectivity index (χ1) is 19.7. The molecule has 0 fully saturated rings. The predicted octanol–water partition coefficient (Wildman–Crippen LogP) is 5.35. The number of nitrogens with one attached hydrogen (secondary N) is 1. The Morgan fingerprint density at radius 1 is 0.902 bits per heavy atom. The minimum Gasteiger partial charge on any atom is -0.505 e. The maximum absolute atomic E-state index is 12.2. The normalized spacial score (nSPS) is 12.6. The Morgan fingerprint density at radius 2 is 1.66 bits per heavy atom. The van der Waals surface area contributed by atoms with E-state index in [4.69, 9.17) is 18.8 Å². The third kappa shape index (κ3) is 8.84. The van der Waals surface area contributed by atoms with E-state index in [1.807, 2.05) is 30.3 Å². The highest BCUT2D eigenvalue weighted by Gasteiger charge is 2.15. The van der Waals surface area contributed by atoms with Crippen LogP contribution < -0.4 is 5.48 Å². The highest BCUT2D eigenvalue weighted by molar-refractivity contribution is 7.81. The number of nitrogens with zero attached hydrogens (tertiary/aromatic N) is 2. The first-order valence-corrected chi connectivity index (χ1v) is 14.3. The van der Waals surface area contributed by atoms with Gasteiger partial charge in [0.1, 0.15) is 24.7 Å². The smallest absolute Gasteiger partial charge is 0.397 e. The SMILES string of the molecule is O=S(OCCOS(=O)(=O)O)c1ccc(N=Nc2c(O)c(CONc3ccccc3)cc3cc(COO)ccc23)cc1. The van der Waals surface area contributed by atoms with Gasteiger partial charge in [-0.15, -0.1) is 5.11 Å². The molecule has 1 unspecified atom stereocenters. The second-order valence-corrected chi connectivity index (χ2v) is 10.6. The Bertz CT molecular complexity index is 1630. The number of para-hydroxylation sites is 1. The fourth-order valence-electron chi connectivity index (χ4n) is 3.61. The first kappa shape index (κ1) is 30.2. The van der Waals surface area contributed by atoms with Gasteiger partial charge >= 0.3 is 10.4 Å². The lowest BCUT2D eigenvalue weighted by Gasteiger charge is -2.13. The van der Waals surface area contributed by atoms with Crippen LogP contribution in [0.3, 0.4) is 0 Å². The van der Waals surface area contributed by atoms with Crippen molar-refractivity contribution in [2.75, 3.05) is 18.7 Å². The van der Waals surface area contributed by atoms with E-state index < -0.39 is 28.1 Å². The number of rotatable bonds is 14. The van der Waals surface area contributed by atoms with Crippen LogP contribution in [0.25, 0.3) is 10.8 Å². The first-order valence-electron chi connectivity index (χ1n) is 11.9. The molecule has 4 N–H and O–H groups in total. The summed E-state index contributed by atoms with van der Waals surface area (Å²) in [6.45, 7) is -0.877. The van der Waals surface area contributed by atoms with Crippen LogP contribution in [0.2, 0.25) is 0 Å². The summed E-state index contributed by atoms with van der Waals surface area (Å²) in [5.74, 6) is -0.138. The molecule has 4 rings (SSSR count). The summed E-state index contributed by atoms with van der Waals surface area (Å²) in [5, 5.41) is 29.7. The van der Waals surface area contributed by atoms with Gasteiger partial charge in [0.25, 0.3) is 0 Å². The van der Waals surface area contributed by atoms with Crippen LogP contribution in [0.1, 0.15) is 11.1 Å². The topological polar surface area (TPSA) is 186 Å². The molecule has 0 aromatic heterocycles. The number of phenols is 1. The number of phenolic OH excluding ortho intramolecular Hbond substituents is 1. The van der Waals surface area contributed by atoms with Gasteiger partial charge in [0.05, 0.1) is 29.5 Å². The zero-order chi connectivity index (χ0) is 29.2. The lowest BCUT2D eigenvalue weighted by molar-refractivity contribution is -0.252. The lowest BCUT2D eigenvalue weighted by atomic mass is 10.0. The molecule has 216 valence electrons. The summed E-state index contributed by atoms with van der Waals surface area (Å²) < 4.78 is 51.0. The van der Waals surface area contributed by atoms with Crippen LogP contribution >= 0.6 is 0 Å². The zero-order valence-corrected chi connectivity index (χ0v) is 22.9. The molecule has 0 spiro atoms. The number of azo groups is 1. The van der Waals surface area contributed by atoms with Gasteiger partial charge in [0.2, 0.25) is 0 Å². The Morgan fingerprint density at radius 3 is 2.37 bits per heavy atom. The second kappa shape index (κ2) is 14.2. The van der Waals surface area contributed by atoms with E-state index in [2.05, 4.69) is 24.8 Å². The van der Waals surface area contributed by atoms with Crippen LogP contribution in [0, 0.1) is 0 Å². The van der Waals surface area contributed by atoms with Crippen molar-refractivity contribution >= 4 is 49.3 Å². The van der Waals surface area contributed by atoms with Gasteiger partial charge in [-0.1, -0.05) is 30.3 Å². The number of benzene rings is 4. The molecule has 0 aliphatic heterocycles. The molecule has 0 heterocycles. The Labute approximate surface area is 237 Å². The standard InChI is InChI=1S/C26H25N3O10S2/c30-26-20(17-36-29-22-4-2-1-3-5-22)15-19-14-18(16-37-31)6-11-24(19)25(26)28-27-21-7-9-23(10-8-21)40(32)38-12-13-39-41(33,34)35/h1-11,14-15,29-31H,12-13,16-17H2,(H,33,34,35). The fraction of sp³-hybridized carbons (Fsp3) is 0.154. The maximum atomic E-state index is 12.2. The monoisotopic (exact) mass is 603 g/mol. The summed E-state index contributed by atoms with van der Waals surface area (Å²) in [7, 11) is -4.61. The van der Waals surface area contributed by atoms with Crippen molar-refractivity contribution < 1.29 is 45.6 Å². The molecule has 13 nitrogen and oxygen atoms in total. The molecular weight excluding hydrogens is 578 g/mol. The molecule has 4 aromatic rings. The lowest BCUT2D eigenvalue weighted by Crippen LogP contribution is -2.11. The fourth-order valence-corrected chi connectivity index (χ4v) is 4.60. The van der Waals surface area contributed by atoms with Crippen molar-refractivity contribution in [3.05, 3.63) is 90.0 Å². The van der Waals surface area contributed by atoms with Crippen LogP contribution in [0.4, 0.5) is 17.1 Å². The summed E-state index contributed by atoms with van der Waals surface area (Å²) in [4.78, 5) is 10.1. The van der Waals surface area contributed by atoms with E-state index in [0.717, 1.165) is 5.69 Å². The van der Waals surface area contributed by atoms with Crippen LogP contribution in [0.5, 0.6) is 5.75 Å². The average Bonchev–Trinajstić information content (AvgIpc) is 2.96. The van der Waals surface area contributed by atoms with Crippen molar-refractivity contribution in [1.82, 2.24) is 0 Å². The molecule has 4 aromatic carbocycles. The largest absolute Gasteiger partial charge is 0.505 e. The second-order valence-electron chi connectivity index (χ2n) is 8.32. The predicted molar refractivity (Wildman–Crippen MR) is 148 cm³/mol. The van der Waals surface area contributed by atoms with Gasteiger partial charge < -0.3 is 5.11 Å². The molecule has 0 saturated heterocycles. The number of fused-ring (bicyclic) bond motifs is 1. The van der Waals surface area contributed by atoms with Gasteiger partial charge in [-0.05, 0) is 59.5 Å². The van der Waals surface area contributed by atoms with Gasteiger partial charge in [-0.2, -0.15) is 13.5 Å². The van der Waals surface area contributed by atoms with Crippen LogP contribution in [0.15, 0.2) is 94.0 Å². The van der Waals surface area contributed by atoms with Crippen LogP contribution in [-0.2, 0) is 52.8 Å². The number of hydrogen-bond donors (Lipinski definition) is 4. The summed E-state index contributed by atoms with van der Waals surface area (Å²) in [6.07, 6.45) is 0. The van der Waals surface area contributed by atoms with Crippen molar-refractivity contribution in [2.24, 2.45) is 10.2 Å². The van der Waals surface area contributed by atoms with E-state index in [1.54, 1.807) is 24.3 Å². The molecule has 0 bridgehead atoms. The Kier molecular flexibility index (Phi) is 10.4. The molecule has 15 heteroatoms. The zero-order valence-electron chi connectivity index (χ0n) is 21.2. The number of aromatic hydroxyl groups is 1. The van der Waals surface area contributed by atoms with Gasteiger partial charge in [-0.3, -0.25) is 24.3 Å². The van der Waals surface area contributed by atoms with Crippen molar-refractivity contribution in [1.29, 1.82) is 0 Å². The highest BCUT2D eigenvalue weighted by atomic mass is 32.3. The summed E-state index contributed by atoms with van der Waals surface area (Å²) in [6, 6.07) is 22.2. The molecule has 0 aliphatic carbocycles. The molecule has 0 radical (unpaired) electrons. The molecular formula is C26H25N3O10S2. The maximum Gasteiger partial charge on any atom is 0.397 e. The quantitative estimate of drug-likeness (QED) is 0.0478. The highest BCUT2D eigenvalue weighted by Crippen LogP contribution is 2.40.